The Bertz CT molecular complexity index is 658. The molecule has 1 saturated heterocycles. The Morgan fingerprint density at radius 3 is 2.88 bits per heavy atom. The van der Waals surface area contributed by atoms with E-state index in [-0.39, 0.29) is 5.60 Å². The molecule has 2 unspecified atom stereocenters. The van der Waals surface area contributed by atoms with Crippen LogP contribution in [0.3, 0.4) is 0 Å². The van der Waals surface area contributed by atoms with E-state index in [2.05, 4.69) is 42.5 Å². The lowest BCUT2D eigenvalue weighted by Gasteiger charge is -2.17. The van der Waals surface area contributed by atoms with Gasteiger partial charge in [0.05, 0.1) is 6.10 Å². The van der Waals surface area contributed by atoms with Crippen molar-refractivity contribution in [1.29, 1.82) is 0 Å². The first-order chi connectivity index (χ1) is 8.41. The molecule has 1 heterocycles. The molecule has 1 spiro atoms. The van der Waals surface area contributed by atoms with Crippen LogP contribution in [0.5, 0.6) is 0 Å². The zero-order valence-electron chi connectivity index (χ0n) is 9.44. The van der Waals surface area contributed by atoms with Gasteiger partial charge in [-0.3, -0.25) is 0 Å². The summed E-state index contributed by atoms with van der Waals surface area (Å²) in [5.41, 5.74) is 7.09. The summed E-state index contributed by atoms with van der Waals surface area (Å²) in [7, 11) is 0. The average Bonchev–Trinajstić information content (AvgIpc) is 3.07. The van der Waals surface area contributed by atoms with Gasteiger partial charge in [0, 0.05) is 5.56 Å². The Morgan fingerprint density at radius 1 is 1.00 bits per heavy atom. The summed E-state index contributed by atoms with van der Waals surface area (Å²) in [4.78, 5) is 0. The van der Waals surface area contributed by atoms with Crippen LogP contribution in [0.2, 0.25) is 0 Å². The highest BCUT2D eigenvalue weighted by atomic mass is 16.6. The third kappa shape index (κ3) is 0.776. The molecule has 82 valence electrons. The third-order valence-corrected chi connectivity index (χ3v) is 4.54. The highest BCUT2D eigenvalue weighted by Gasteiger charge is 2.65. The molecule has 2 aromatic rings. The van der Waals surface area contributed by atoms with Crippen molar-refractivity contribution in [3.8, 4) is 11.1 Å². The maximum atomic E-state index is 6.12. The van der Waals surface area contributed by atoms with Crippen molar-refractivity contribution < 1.29 is 4.74 Å². The minimum atomic E-state index is -0.0548. The fourth-order valence-electron chi connectivity index (χ4n) is 3.84. The SMILES string of the molecule is c1ccc2c(c1)-c1cccc3c1C21OC1CC3. The molecule has 2 aliphatic carbocycles. The molecule has 2 aromatic carbocycles. The van der Waals surface area contributed by atoms with Gasteiger partial charge in [-0.25, -0.2) is 0 Å². The third-order valence-electron chi connectivity index (χ3n) is 4.54. The molecule has 1 aliphatic heterocycles. The molecule has 0 N–H and O–H groups in total. The number of epoxide rings is 1. The van der Waals surface area contributed by atoms with Gasteiger partial charge in [0.15, 0.2) is 0 Å². The Balaban J connectivity index is 1.98. The summed E-state index contributed by atoms with van der Waals surface area (Å²) in [6, 6.07) is 15.4. The molecule has 0 aromatic heterocycles. The van der Waals surface area contributed by atoms with Gasteiger partial charge in [0.1, 0.15) is 5.60 Å². The van der Waals surface area contributed by atoms with Crippen LogP contribution in [0.25, 0.3) is 11.1 Å². The van der Waals surface area contributed by atoms with Crippen LogP contribution in [0, 0.1) is 0 Å². The van der Waals surface area contributed by atoms with Gasteiger partial charge in [-0.1, -0.05) is 42.5 Å². The Labute approximate surface area is 100 Å². The molecule has 5 rings (SSSR count). The molecule has 1 nitrogen and oxygen atoms in total. The summed E-state index contributed by atoms with van der Waals surface area (Å²) in [5.74, 6) is 0. The van der Waals surface area contributed by atoms with Gasteiger partial charge in [-0.15, -0.1) is 0 Å². The first kappa shape index (κ1) is 8.48. The maximum Gasteiger partial charge on any atom is 0.146 e. The van der Waals surface area contributed by atoms with Crippen LogP contribution in [0.1, 0.15) is 23.1 Å². The summed E-state index contributed by atoms with van der Waals surface area (Å²) < 4.78 is 6.12. The van der Waals surface area contributed by atoms with Crippen LogP contribution in [0.4, 0.5) is 0 Å². The van der Waals surface area contributed by atoms with E-state index in [4.69, 9.17) is 4.74 Å². The second-order valence-corrected chi connectivity index (χ2v) is 5.27. The minimum Gasteiger partial charge on any atom is -0.356 e. The highest BCUT2D eigenvalue weighted by molar-refractivity contribution is 5.83. The summed E-state index contributed by atoms with van der Waals surface area (Å²) >= 11 is 0. The topological polar surface area (TPSA) is 12.5 Å². The van der Waals surface area contributed by atoms with E-state index in [1.807, 2.05) is 0 Å². The Morgan fingerprint density at radius 2 is 1.88 bits per heavy atom. The molecule has 2 atom stereocenters. The van der Waals surface area contributed by atoms with Gasteiger partial charge in [0.25, 0.3) is 0 Å². The lowest BCUT2D eigenvalue weighted by molar-refractivity contribution is 0.332. The maximum absolute atomic E-state index is 6.12. The van der Waals surface area contributed by atoms with Gasteiger partial charge in [-0.05, 0) is 35.1 Å². The van der Waals surface area contributed by atoms with Gasteiger partial charge >= 0.3 is 0 Å². The molecule has 0 amide bonds. The zero-order valence-corrected chi connectivity index (χ0v) is 9.44. The van der Waals surface area contributed by atoms with Crippen LogP contribution in [0.15, 0.2) is 42.5 Å². The van der Waals surface area contributed by atoms with Crippen molar-refractivity contribution in [1.82, 2.24) is 0 Å². The molecule has 0 radical (unpaired) electrons. The predicted octanol–water partition coefficient (Wildman–Crippen LogP) is 3.26. The second-order valence-electron chi connectivity index (χ2n) is 5.27. The van der Waals surface area contributed by atoms with Gasteiger partial charge in [-0.2, -0.15) is 0 Å². The van der Waals surface area contributed by atoms with E-state index in [1.165, 1.54) is 40.7 Å². The van der Waals surface area contributed by atoms with Crippen molar-refractivity contribution in [3.05, 3.63) is 59.2 Å². The molecule has 0 bridgehead atoms. The number of hydrogen-bond donors (Lipinski definition) is 0. The highest BCUT2D eigenvalue weighted by Crippen LogP contribution is 2.64. The van der Waals surface area contributed by atoms with Crippen LogP contribution in [-0.2, 0) is 16.8 Å². The van der Waals surface area contributed by atoms with E-state index in [0.29, 0.717) is 6.10 Å². The summed E-state index contributed by atoms with van der Waals surface area (Å²) in [6.45, 7) is 0. The fraction of sp³-hybridized carbons (Fsp3) is 0.250. The van der Waals surface area contributed by atoms with E-state index in [9.17, 15) is 0 Å². The number of hydrogen-bond acceptors (Lipinski definition) is 1. The Hall–Kier alpha value is -1.60. The minimum absolute atomic E-state index is 0.0548. The molecule has 3 aliphatic rings. The first-order valence-electron chi connectivity index (χ1n) is 6.31. The van der Waals surface area contributed by atoms with E-state index in [1.54, 1.807) is 0 Å². The fourth-order valence-corrected chi connectivity index (χ4v) is 3.84. The van der Waals surface area contributed by atoms with Crippen molar-refractivity contribution in [2.45, 2.75) is 24.5 Å². The normalized spacial score (nSPS) is 30.5. The lowest BCUT2D eigenvalue weighted by atomic mass is 9.82. The number of ether oxygens (including phenoxy) is 1. The smallest absolute Gasteiger partial charge is 0.146 e. The summed E-state index contributed by atoms with van der Waals surface area (Å²) in [5, 5.41) is 0. The largest absolute Gasteiger partial charge is 0.356 e. The molecule has 1 heteroatoms. The Kier molecular flexibility index (Phi) is 1.23. The summed E-state index contributed by atoms with van der Waals surface area (Å²) in [6.07, 6.45) is 2.77. The van der Waals surface area contributed by atoms with E-state index >= 15 is 0 Å². The van der Waals surface area contributed by atoms with E-state index < -0.39 is 0 Å². The van der Waals surface area contributed by atoms with Gasteiger partial charge < -0.3 is 4.74 Å². The average molecular weight is 220 g/mol. The number of benzene rings is 2. The van der Waals surface area contributed by atoms with Crippen LogP contribution < -0.4 is 0 Å². The molecule has 1 fully saturated rings. The molecule has 0 saturated carbocycles. The number of aryl methyl sites for hydroxylation is 1. The van der Waals surface area contributed by atoms with Crippen molar-refractivity contribution in [2.24, 2.45) is 0 Å². The predicted molar refractivity (Wildman–Crippen MR) is 65.9 cm³/mol. The quantitative estimate of drug-likeness (QED) is 0.621. The lowest BCUT2D eigenvalue weighted by Crippen LogP contribution is -2.18. The molecular weight excluding hydrogens is 208 g/mol. The first-order valence-corrected chi connectivity index (χ1v) is 6.31. The standard InChI is InChI=1S/C16H12O/c1-2-7-13-11(5-1)12-6-3-4-10-8-9-14-16(13,17-14)15(10)12/h1-7,14H,8-9H2. The monoisotopic (exact) mass is 220 g/mol. The molecular formula is C16H12O. The van der Waals surface area contributed by atoms with Gasteiger partial charge in [0.2, 0.25) is 0 Å². The van der Waals surface area contributed by atoms with Crippen molar-refractivity contribution >= 4 is 0 Å². The molecule has 17 heavy (non-hydrogen) atoms. The van der Waals surface area contributed by atoms with Crippen molar-refractivity contribution in [2.75, 3.05) is 0 Å². The second kappa shape index (κ2) is 2.46. The van der Waals surface area contributed by atoms with Crippen LogP contribution >= 0.6 is 0 Å². The number of fused-ring (bicyclic) bond motifs is 2. The van der Waals surface area contributed by atoms with Crippen molar-refractivity contribution in [3.63, 3.8) is 0 Å². The zero-order chi connectivity index (χ0) is 11.0. The van der Waals surface area contributed by atoms with Crippen LogP contribution in [-0.4, -0.2) is 6.10 Å². The van der Waals surface area contributed by atoms with E-state index in [0.717, 1.165) is 0 Å². The number of rotatable bonds is 0.